The summed E-state index contributed by atoms with van der Waals surface area (Å²) in [4.78, 5) is 4.80. The van der Waals surface area contributed by atoms with Gasteiger partial charge in [-0.05, 0) is 31.9 Å². The second kappa shape index (κ2) is 11.2. The van der Waals surface area contributed by atoms with Crippen LogP contribution in [-0.2, 0) is 12.0 Å². The van der Waals surface area contributed by atoms with E-state index in [2.05, 4.69) is 67.7 Å². The lowest BCUT2D eigenvalue weighted by atomic mass is 9.84. The summed E-state index contributed by atoms with van der Waals surface area (Å²) < 4.78 is 1.95. The van der Waals surface area contributed by atoms with E-state index in [0.29, 0.717) is 0 Å². The van der Waals surface area contributed by atoms with E-state index in [9.17, 15) is 0 Å². The summed E-state index contributed by atoms with van der Waals surface area (Å²) in [6.07, 6.45) is 4.81. The molecule has 144 valence electrons. The minimum atomic E-state index is 0. The average molecular weight is 469 g/mol. The van der Waals surface area contributed by atoms with Crippen LogP contribution in [0.3, 0.4) is 0 Å². The molecular weight excluding hydrogens is 437 g/mol. The Hall–Kier alpha value is -1.57. The third-order valence-electron chi connectivity index (χ3n) is 4.19. The van der Waals surface area contributed by atoms with Crippen molar-refractivity contribution in [2.45, 2.75) is 46.1 Å². The van der Waals surface area contributed by atoms with Crippen LogP contribution < -0.4 is 10.6 Å². The van der Waals surface area contributed by atoms with Crippen LogP contribution in [0.25, 0.3) is 0 Å². The number of hydrogen-bond acceptors (Lipinski definition) is 2. The molecule has 6 heteroatoms. The molecule has 1 aromatic heterocycles. The number of aliphatic imine (C=N–C) groups is 1. The van der Waals surface area contributed by atoms with Gasteiger partial charge in [0.15, 0.2) is 5.96 Å². The Morgan fingerprint density at radius 1 is 1.23 bits per heavy atom. The lowest BCUT2D eigenvalue weighted by Crippen LogP contribution is -2.39. The number of aromatic nitrogens is 2. The smallest absolute Gasteiger partial charge is 0.191 e. The number of benzene rings is 1. The minimum Gasteiger partial charge on any atom is -0.357 e. The van der Waals surface area contributed by atoms with Gasteiger partial charge in [-0.3, -0.25) is 9.67 Å². The van der Waals surface area contributed by atoms with Gasteiger partial charge in [0.05, 0.1) is 6.54 Å². The lowest BCUT2D eigenvalue weighted by molar-refractivity contribution is 0.534. The molecule has 0 atom stereocenters. The van der Waals surface area contributed by atoms with E-state index < -0.39 is 0 Å². The minimum absolute atomic E-state index is 0. The van der Waals surface area contributed by atoms with Crippen molar-refractivity contribution >= 4 is 29.9 Å². The van der Waals surface area contributed by atoms with Crippen molar-refractivity contribution in [1.29, 1.82) is 0 Å². The Morgan fingerprint density at radius 3 is 2.69 bits per heavy atom. The maximum absolute atomic E-state index is 4.80. The van der Waals surface area contributed by atoms with Gasteiger partial charge in [-0.25, -0.2) is 0 Å². The van der Waals surface area contributed by atoms with Gasteiger partial charge in [0.25, 0.3) is 0 Å². The molecule has 2 aromatic rings. The maximum atomic E-state index is 4.80. The van der Waals surface area contributed by atoms with Crippen molar-refractivity contribution in [2.75, 3.05) is 19.6 Å². The van der Waals surface area contributed by atoms with Gasteiger partial charge >= 0.3 is 0 Å². The molecule has 0 bridgehead atoms. The van der Waals surface area contributed by atoms with Gasteiger partial charge in [-0.15, -0.1) is 24.0 Å². The molecule has 0 spiro atoms. The maximum Gasteiger partial charge on any atom is 0.191 e. The quantitative estimate of drug-likeness (QED) is 0.268. The summed E-state index contributed by atoms with van der Waals surface area (Å²) in [5, 5.41) is 11.0. The van der Waals surface area contributed by atoms with E-state index in [4.69, 9.17) is 4.99 Å². The summed E-state index contributed by atoms with van der Waals surface area (Å²) >= 11 is 0. The third-order valence-corrected chi connectivity index (χ3v) is 4.19. The van der Waals surface area contributed by atoms with Crippen molar-refractivity contribution < 1.29 is 0 Å². The largest absolute Gasteiger partial charge is 0.357 e. The highest BCUT2D eigenvalue weighted by molar-refractivity contribution is 14.0. The highest BCUT2D eigenvalue weighted by Crippen LogP contribution is 2.24. The average Bonchev–Trinajstić information content (AvgIpc) is 3.10. The number of nitrogens with one attached hydrogen (secondary N) is 2. The van der Waals surface area contributed by atoms with Crippen molar-refractivity contribution in [3.63, 3.8) is 0 Å². The predicted octanol–water partition coefficient (Wildman–Crippen LogP) is 3.73. The van der Waals surface area contributed by atoms with Gasteiger partial charge in [0, 0.05) is 37.4 Å². The van der Waals surface area contributed by atoms with Gasteiger partial charge < -0.3 is 10.6 Å². The van der Waals surface area contributed by atoms with Crippen molar-refractivity contribution in [3.05, 3.63) is 53.9 Å². The van der Waals surface area contributed by atoms with Gasteiger partial charge in [0.1, 0.15) is 0 Å². The van der Waals surface area contributed by atoms with Crippen LogP contribution in [-0.4, -0.2) is 35.4 Å². The fraction of sp³-hybridized carbons (Fsp3) is 0.500. The number of halogens is 1. The highest BCUT2D eigenvalue weighted by Gasteiger charge is 2.20. The first-order valence-corrected chi connectivity index (χ1v) is 9.08. The Morgan fingerprint density at radius 2 is 2.04 bits per heavy atom. The van der Waals surface area contributed by atoms with Crippen LogP contribution in [0, 0.1) is 6.92 Å². The number of aryl methyl sites for hydroxylation is 2. The topological polar surface area (TPSA) is 54.2 Å². The van der Waals surface area contributed by atoms with Crippen LogP contribution >= 0.6 is 24.0 Å². The zero-order valence-electron chi connectivity index (χ0n) is 16.3. The number of nitrogens with zero attached hydrogens (tertiary/aromatic N) is 3. The molecule has 0 aliphatic rings. The first-order chi connectivity index (χ1) is 12.0. The fourth-order valence-electron chi connectivity index (χ4n) is 2.66. The van der Waals surface area contributed by atoms with Crippen LogP contribution in [0.1, 0.15) is 38.3 Å². The normalized spacial score (nSPS) is 11.8. The molecule has 1 aromatic carbocycles. The molecule has 2 N–H and O–H groups in total. The van der Waals surface area contributed by atoms with Crippen molar-refractivity contribution in [2.24, 2.45) is 4.99 Å². The predicted molar refractivity (Wildman–Crippen MR) is 120 cm³/mol. The molecule has 0 saturated heterocycles. The molecular formula is C20H32IN5. The molecule has 26 heavy (non-hydrogen) atoms. The van der Waals surface area contributed by atoms with Crippen LogP contribution in [0.2, 0.25) is 0 Å². The van der Waals surface area contributed by atoms with E-state index in [1.54, 1.807) is 0 Å². The highest BCUT2D eigenvalue weighted by atomic mass is 127. The summed E-state index contributed by atoms with van der Waals surface area (Å²) in [6, 6.07) is 10.6. The van der Waals surface area contributed by atoms with Gasteiger partial charge in [-0.2, -0.15) is 5.10 Å². The van der Waals surface area contributed by atoms with E-state index in [1.807, 2.05) is 23.1 Å². The molecule has 0 aliphatic heterocycles. The first-order valence-electron chi connectivity index (χ1n) is 9.08. The number of hydrogen-bond donors (Lipinski definition) is 2. The molecule has 0 aliphatic carbocycles. The van der Waals surface area contributed by atoms with Crippen LogP contribution in [0.4, 0.5) is 0 Å². The fourth-order valence-corrected chi connectivity index (χ4v) is 2.66. The Labute approximate surface area is 174 Å². The molecule has 5 nitrogen and oxygen atoms in total. The second-order valence-electron chi connectivity index (χ2n) is 7.00. The molecule has 0 saturated carbocycles. The third kappa shape index (κ3) is 7.35. The standard InChI is InChI=1S/C20H31N5.HI/c1-5-21-19(22-11-7-13-25-14-8-12-24-25)23-16-20(3,4)18-10-6-9-17(2)15-18;/h6,8-10,12,14-15H,5,7,11,13,16H2,1-4H3,(H2,21,22,23);1H. The molecule has 0 unspecified atom stereocenters. The SMILES string of the molecule is CCNC(=NCC(C)(C)c1cccc(C)c1)NCCCn1cccn1.I. The van der Waals surface area contributed by atoms with Crippen molar-refractivity contribution in [3.8, 4) is 0 Å². The molecule has 1 heterocycles. The van der Waals surface area contributed by atoms with E-state index in [1.165, 1.54) is 11.1 Å². The van der Waals surface area contributed by atoms with E-state index in [0.717, 1.165) is 38.6 Å². The first kappa shape index (κ1) is 22.5. The summed E-state index contributed by atoms with van der Waals surface area (Å²) in [6.45, 7) is 12.1. The summed E-state index contributed by atoms with van der Waals surface area (Å²) in [5.74, 6) is 0.878. The van der Waals surface area contributed by atoms with Crippen LogP contribution in [0.5, 0.6) is 0 Å². The van der Waals surface area contributed by atoms with Crippen molar-refractivity contribution in [1.82, 2.24) is 20.4 Å². The van der Waals surface area contributed by atoms with Crippen LogP contribution in [0.15, 0.2) is 47.7 Å². The Balaban J connectivity index is 0.00000338. The molecule has 0 radical (unpaired) electrons. The monoisotopic (exact) mass is 469 g/mol. The Bertz CT molecular complexity index is 665. The summed E-state index contributed by atoms with van der Waals surface area (Å²) in [5.41, 5.74) is 2.62. The second-order valence-corrected chi connectivity index (χ2v) is 7.00. The lowest BCUT2D eigenvalue weighted by Gasteiger charge is -2.24. The van der Waals surface area contributed by atoms with E-state index >= 15 is 0 Å². The number of rotatable bonds is 8. The van der Waals surface area contributed by atoms with E-state index in [-0.39, 0.29) is 29.4 Å². The zero-order chi connectivity index (χ0) is 18.1. The Kier molecular flexibility index (Phi) is 9.69. The molecule has 0 fully saturated rings. The van der Waals surface area contributed by atoms with Gasteiger partial charge in [-0.1, -0.05) is 43.7 Å². The summed E-state index contributed by atoms with van der Waals surface area (Å²) in [7, 11) is 0. The zero-order valence-corrected chi connectivity index (χ0v) is 18.7. The number of guanidine groups is 1. The molecule has 0 amide bonds. The molecule has 2 rings (SSSR count). The van der Waals surface area contributed by atoms with Gasteiger partial charge in [0.2, 0.25) is 0 Å².